The van der Waals surface area contributed by atoms with Gasteiger partial charge in [-0.2, -0.15) is 0 Å². The van der Waals surface area contributed by atoms with E-state index in [2.05, 4.69) is 0 Å². The molecule has 1 aliphatic rings. The number of benzene rings is 1. The van der Waals surface area contributed by atoms with Gasteiger partial charge in [-0.25, -0.2) is 0 Å². The smallest absolute Gasteiger partial charge is 0.0346 e. The Morgan fingerprint density at radius 1 is 1.24 bits per heavy atom. The molecule has 3 heteroatoms. The van der Waals surface area contributed by atoms with Crippen molar-refractivity contribution in [2.75, 3.05) is 17.2 Å². The fraction of sp³-hybridized carbons (Fsp3) is 0.571. The number of hydrogen-bond donors (Lipinski definition) is 1. The maximum absolute atomic E-state index is 12.0. The van der Waals surface area contributed by atoms with Crippen LogP contribution in [0.3, 0.4) is 0 Å². The normalized spacial score (nSPS) is 18.4. The molecular weight excluding hydrogens is 230 g/mol. The molecule has 2 N–H and O–H groups in total. The standard InChI is InChI=1S/C14H21NOS/c15-14-8-4-3-7-13(14)9-10-17(16)11-12-5-1-2-6-12/h3-4,7-8,12H,1-2,5-6,9-11,15H2. The highest BCUT2D eigenvalue weighted by Crippen LogP contribution is 2.25. The molecular formula is C14H21NOS. The third-order valence-electron chi connectivity index (χ3n) is 3.55. The van der Waals surface area contributed by atoms with Crippen LogP contribution in [0, 0.1) is 5.92 Å². The summed E-state index contributed by atoms with van der Waals surface area (Å²) < 4.78 is 12.0. The number of hydrogen-bond acceptors (Lipinski definition) is 2. The van der Waals surface area contributed by atoms with E-state index in [1.54, 1.807) is 0 Å². The van der Waals surface area contributed by atoms with Gasteiger partial charge in [0, 0.05) is 28.0 Å². The van der Waals surface area contributed by atoms with Crippen molar-refractivity contribution >= 4 is 16.5 Å². The van der Waals surface area contributed by atoms with Crippen molar-refractivity contribution in [3.8, 4) is 0 Å². The predicted octanol–water partition coefficient (Wildman–Crippen LogP) is 2.75. The SMILES string of the molecule is Nc1ccccc1CCS(=O)CC1CCCC1. The van der Waals surface area contributed by atoms with E-state index in [9.17, 15) is 4.21 Å². The number of anilines is 1. The molecule has 0 aliphatic heterocycles. The minimum atomic E-state index is -0.674. The van der Waals surface area contributed by atoms with Gasteiger partial charge in [-0.15, -0.1) is 0 Å². The summed E-state index contributed by atoms with van der Waals surface area (Å²) in [5, 5.41) is 0. The molecule has 0 radical (unpaired) electrons. The number of para-hydroxylation sites is 1. The van der Waals surface area contributed by atoms with Crippen LogP contribution in [0.2, 0.25) is 0 Å². The largest absolute Gasteiger partial charge is 0.399 e. The molecule has 0 aromatic heterocycles. The van der Waals surface area contributed by atoms with Crippen LogP contribution in [0.15, 0.2) is 24.3 Å². The number of nitrogen functional groups attached to an aromatic ring is 1. The first-order chi connectivity index (χ1) is 8.25. The van der Waals surface area contributed by atoms with Gasteiger partial charge in [-0.3, -0.25) is 4.21 Å². The first-order valence-corrected chi connectivity index (χ1v) is 7.93. The van der Waals surface area contributed by atoms with Gasteiger partial charge in [0.05, 0.1) is 0 Å². The number of nitrogens with two attached hydrogens (primary N) is 1. The van der Waals surface area contributed by atoms with Gasteiger partial charge in [0.15, 0.2) is 0 Å². The molecule has 1 fully saturated rings. The molecule has 2 rings (SSSR count). The van der Waals surface area contributed by atoms with Crippen molar-refractivity contribution in [1.82, 2.24) is 0 Å². The monoisotopic (exact) mass is 251 g/mol. The molecule has 0 saturated heterocycles. The molecule has 0 spiro atoms. The molecule has 94 valence electrons. The van der Waals surface area contributed by atoms with E-state index in [0.29, 0.717) is 5.92 Å². The second kappa shape index (κ2) is 6.20. The Labute approximate surface area is 106 Å². The third kappa shape index (κ3) is 3.84. The van der Waals surface area contributed by atoms with Crippen LogP contribution < -0.4 is 5.73 Å². The zero-order chi connectivity index (χ0) is 12.1. The Morgan fingerprint density at radius 3 is 2.65 bits per heavy atom. The lowest BCUT2D eigenvalue weighted by molar-refractivity contribution is 0.604. The maximum atomic E-state index is 12.0. The van der Waals surface area contributed by atoms with Gasteiger partial charge in [0.25, 0.3) is 0 Å². The Morgan fingerprint density at radius 2 is 1.94 bits per heavy atom. The lowest BCUT2D eigenvalue weighted by Crippen LogP contribution is -2.12. The van der Waals surface area contributed by atoms with E-state index in [1.165, 1.54) is 25.7 Å². The van der Waals surface area contributed by atoms with Crippen molar-refractivity contribution in [3.63, 3.8) is 0 Å². The van der Waals surface area contributed by atoms with Gasteiger partial charge in [0.1, 0.15) is 0 Å². The lowest BCUT2D eigenvalue weighted by Gasteiger charge is -2.09. The molecule has 1 aromatic rings. The summed E-state index contributed by atoms with van der Waals surface area (Å²) >= 11 is 0. The van der Waals surface area contributed by atoms with Crippen LogP contribution in [-0.2, 0) is 17.2 Å². The summed E-state index contributed by atoms with van der Waals surface area (Å²) in [4.78, 5) is 0. The fourth-order valence-corrected chi connectivity index (χ4v) is 3.98. The van der Waals surface area contributed by atoms with E-state index < -0.39 is 10.8 Å². The molecule has 2 nitrogen and oxygen atoms in total. The molecule has 1 aliphatic carbocycles. The van der Waals surface area contributed by atoms with Crippen molar-refractivity contribution in [1.29, 1.82) is 0 Å². The molecule has 1 unspecified atom stereocenters. The second-order valence-corrected chi connectivity index (χ2v) is 6.53. The summed E-state index contributed by atoms with van der Waals surface area (Å²) in [6.07, 6.45) is 6.05. The van der Waals surface area contributed by atoms with Gasteiger partial charge in [0.2, 0.25) is 0 Å². The van der Waals surface area contributed by atoms with E-state index in [4.69, 9.17) is 5.73 Å². The Kier molecular flexibility index (Phi) is 4.60. The van der Waals surface area contributed by atoms with Gasteiger partial charge < -0.3 is 5.73 Å². The number of rotatable bonds is 5. The summed E-state index contributed by atoms with van der Waals surface area (Å²) in [6, 6.07) is 7.87. The summed E-state index contributed by atoms with van der Waals surface area (Å²) in [5.74, 6) is 2.36. The Bertz CT molecular complexity index is 386. The topological polar surface area (TPSA) is 43.1 Å². The van der Waals surface area contributed by atoms with Crippen LogP contribution in [-0.4, -0.2) is 15.7 Å². The molecule has 17 heavy (non-hydrogen) atoms. The summed E-state index contributed by atoms with van der Waals surface area (Å²) in [7, 11) is -0.674. The zero-order valence-electron chi connectivity index (χ0n) is 10.2. The quantitative estimate of drug-likeness (QED) is 0.818. The minimum absolute atomic E-state index is 0.674. The van der Waals surface area contributed by atoms with Gasteiger partial charge in [-0.05, 0) is 36.8 Å². The van der Waals surface area contributed by atoms with Crippen molar-refractivity contribution in [2.45, 2.75) is 32.1 Å². The van der Waals surface area contributed by atoms with Crippen molar-refractivity contribution < 1.29 is 4.21 Å². The average molecular weight is 251 g/mol. The molecule has 1 saturated carbocycles. The Hall–Kier alpha value is -0.830. The fourth-order valence-electron chi connectivity index (χ4n) is 2.51. The molecule has 0 amide bonds. The lowest BCUT2D eigenvalue weighted by atomic mass is 10.1. The van der Waals surface area contributed by atoms with Crippen LogP contribution in [0.25, 0.3) is 0 Å². The molecule has 0 bridgehead atoms. The highest BCUT2D eigenvalue weighted by molar-refractivity contribution is 7.84. The average Bonchev–Trinajstić information content (AvgIpc) is 2.81. The zero-order valence-corrected chi connectivity index (χ0v) is 11.0. The van der Waals surface area contributed by atoms with E-state index in [-0.39, 0.29) is 0 Å². The number of aryl methyl sites for hydroxylation is 1. The van der Waals surface area contributed by atoms with Gasteiger partial charge >= 0.3 is 0 Å². The van der Waals surface area contributed by atoms with E-state index >= 15 is 0 Å². The van der Waals surface area contributed by atoms with Crippen molar-refractivity contribution in [3.05, 3.63) is 29.8 Å². The van der Waals surface area contributed by atoms with Crippen LogP contribution in [0.5, 0.6) is 0 Å². The first-order valence-electron chi connectivity index (χ1n) is 6.44. The first kappa shape index (κ1) is 12.6. The third-order valence-corrected chi connectivity index (χ3v) is 5.05. The van der Waals surface area contributed by atoms with E-state index in [1.807, 2.05) is 24.3 Å². The highest BCUT2D eigenvalue weighted by Gasteiger charge is 2.17. The van der Waals surface area contributed by atoms with Gasteiger partial charge in [-0.1, -0.05) is 31.0 Å². The Balaban J connectivity index is 1.77. The molecule has 1 aromatic carbocycles. The van der Waals surface area contributed by atoms with E-state index in [0.717, 1.165) is 29.2 Å². The second-order valence-electron chi connectivity index (χ2n) is 4.91. The van der Waals surface area contributed by atoms with Crippen LogP contribution in [0.1, 0.15) is 31.2 Å². The van der Waals surface area contributed by atoms with Crippen LogP contribution in [0.4, 0.5) is 5.69 Å². The predicted molar refractivity (Wildman–Crippen MR) is 74.4 cm³/mol. The summed E-state index contributed by atoms with van der Waals surface area (Å²) in [5.41, 5.74) is 7.83. The molecule has 0 heterocycles. The molecule has 1 atom stereocenters. The minimum Gasteiger partial charge on any atom is -0.399 e. The van der Waals surface area contributed by atoms with Crippen LogP contribution >= 0.6 is 0 Å². The van der Waals surface area contributed by atoms with Crippen molar-refractivity contribution in [2.24, 2.45) is 5.92 Å². The summed E-state index contributed by atoms with van der Waals surface area (Å²) in [6.45, 7) is 0. The maximum Gasteiger partial charge on any atom is 0.0346 e. The highest BCUT2D eigenvalue weighted by atomic mass is 32.2.